The molecule has 0 atom stereocenters. The van der Waals surface area contributed by atoms with Crippen LogP contribution in [0, 0.1) is 0 Å². The molecule has 0 aromatic carbocycles. The lowest BCUT2D eigenvalue weighted by Gasteiger charge is -2.14. The Kier molecular flexibility index (Phi) is 2.61. The molecule has 0 rings (SSSR count). The van der Waals surface area contributed by atoms with E-state index in [1.165, 1.54) is 21.0 Å². The van der Waals surface area contributed by atoms with Gasteiger partial charge in [-0.2, -0.15) is 0 Å². The fourth-order valence-electron chi connectivity index (χ4n) is 0.218. The first kappa shape index (κ1) is 8.39. The minimum atomic E-state index is -1.37. The number of nitrogens with one attached hydrogen (secondary N) is 1. The van der Waals surface area contributed by atoms with Crippen LogP contribution in [0.4, 0.5) is 0 Å². The van der Waals surface area contributed by atoms with E-state index in [1.54, 1.807) is 0 Å². The minimum absolute atomic E-state index is 0.551. The third-order valence-electron chi connectivity index (χ3n) is 0.750. The molecule has 0 bridgehead atoms. The summed E-state index contributed by atoms with van der Waals surface area (Å²) in [5.41, 5.74) is 0.631. The molecule has 0 saturated heterocycles. The Bertz CT molecular complexity index is 105. The Hall–Kier alpha value is -0.610. The van der Waals surface area contributed by atoms with Crippen molar-refractivity contribution in [2.45, 2.75) is 19.4 Å². The lowest BCUT2D eigenvalue weighted by molar-refractivity contribution is -0.147. The summed E-state index contributed by atoms with van der Waals surface area (Å²) < 4.78 is 0. The predicted molar refractivity (Wildman–Crippen MR) is 31.4 cm³/mol. The molecule has 0 fully saturated rings. The third-order valence-corrected chi connectivity index (χ3v) is 0.750. The molecule has 0 heterocycles. The van der Waals surface area contributed by atoms with Gasteiger partial charge in [0.25, 0.3) is 5.91 Å². The minimum Gasteiger partial charge on any atom is -0.381 e. The largest absolute Gasteiger partial charge is 0.381 e. The highest BCUT2D eigenvalue weighted by molar-refractivity contribution is 5.82. The highest BCUT2D eigenvalue weighted by Gasteiger charge is 2.22. The smallest absolute Gasteiger partial charge is 0.274 e. The van der Waals surface area contributed by atoms with Gasteiger partial charge in [-0.15, -0.1) is 0 Å². The van der Waals surface area contributed by atoms with Crippen molar-refractivity contribution in [2.24, 2.45) is 0 Å². The summed E-state index contributed by atoms with van der Waals surface area (Å²) in [5.74, 6) is -0.551. The lowest BCUT2D eigenvalue weighted by Crippen LogP contribution is -2.41. The molecule has 4 nitrogen and oxygen atoms in total. The lowest BCUT2D eigenvalue weighted by atomic mass is 10.1. The number of amides is 1. The van der Waals surface area contributed by atoms with Crippen molar-refractivity contribution in [3.05, 3.63) is 0 Å². The van der Waals surface area contributed by atoms with Crippen molar-refractivity contribution in [3.63, 3.8) is 0 Å². The standard InChI is InChI=1S/C5H11NO3/c1-5(2,8)4(7)6-9-3/h8H,1-3H3,(H,6,7). The summed E-state index contributed by atoms with van der Waals surface area (Å²) in [6, 6.07) is 0. The summed E-state index contributed by atoms with van der Waals surface area (Å²) in [5, 5.41) is 8.93. The molecule has 0 unspecified atom stereocenters. The van der Waals surface area contributed by atoms with Gasteiger partial charge < -0.3 is 5.11 Å². The predicted octanol–water partition coefficient (Wildman–Crippen LogP) is -0.565. The first-order valence-corrected chi connectivity index (χ1v) is 2.54. The molecule has 0 saturated carbocycles. The molecule has 0 aromatic heterocycles. The normalized spacial score (nSPS) is 11.1. The SMILES string of the molecule is CONC(=O)C(C)(C)O. The number of aliphatic hydroxyl groups is 1. The average Bonchev–Trinajstić information content (AvgIpc) is 1.64. The first-order valence-electron chi connectivity index (χ1n) is 2.54. The first-order chi connectivity index (χ1) is 3.98. The number of carbonyl (C=O) groups excluding carboxylic acids is 1. The van der Waals surface area contributed by atoms with Gasteiger partial charge in [-0.05, 0) is 13.8 Å². The second-order valence-electron chi connectivity index (χ2n) is 2.19. The average molecular weight is 133 g/mol. The molecule has 0 aliphatic heterocycles. The number of hydroxylamine groups is 1. The number of hydrogen-bond donors (Lipinski definition) is 2. The van der Waals surface area contributed by atoms with Crippen LogP contribution in [-0.4, -0.2) is 23.7 Å². The van der Waals surface area contributed by atoms with Crippen LogP contribution >= 0.6 is 0 Å². The molecule has 1 amide bonds. The van der Waals surface area contributed by atoms with Crippen LogP contribution in [0.25, 0.3) is 0 Å². The van der Waals surface area contributed by atoms with Gasteiger partial charge >= 0.3 is 0 Å². The van der Waals surface area contributed by atoms with Crippen molar-refractivity contribution in [1.29, 1.82) is 0 Å². The third kappa shape index (κ3) is 3.05. The second-order valence-corrected chi connectivity index (χ2v) is 2.19. The molecule has 54 valence electrons. The number of carbonyl (C=O) groups is 1. The Labute approximate surface area is 53.8 Å². The van der Waals surface area contributed by atoms with Gasteiger partial charge in [0.1, 0.15) is 5.60 Å². The molecular formula is C5H11NO3. The Morgan fingerprint density at radius 3 is 2.22 bits per heavy atom. The molecule has 0 spiro atoms. The summed E-state index contributed by atoms with van der Waals surface area (Å²) in [7, 11) is 1.31. The zero-order chi connectivity index (χ0) is 7.49. The topological polar surface area (TPSA) is 58.6 Å². The van der Waals surface area contributed by atoms with E-state index in [2.05, 4.69) is 4.84 Å². The van der Waals surface area contributed by atoms with Crippen molar-refractivity contribution in [1.82, 2.24) is 5.48 Å². The molecule has 2 N–H and O–H groups in total. The quantitative estimate of drug-likeness (QED) is 0.496. The molecule has 0 aliphatic carbocycles. The van der Waals surface area contributed by atoms with Crippen molar-refractivity contribution >= 4 is 5.91 Å². The molecule has 0 radical (unpaired) electrons. The van der Waals surface area contributed by atoms with Crippen molar-refractivity contribution in [2.75, 3.05) is 7.11 Å². The molecule has 9 heavy (non-hydrogen) atoms. The van der Waals surface area contributed by atoms with E-state index in [1.807, 2.05) is 5.48 Å². The van der Waals surface area contributed by atoms with Crippen LogP contribution in [0.3, 0.4) is 0 Å². The highest BCUT2D eigenvalue weighted by Crippen LogP contribution is 1.98. The summed E-state index contributed by atoms with van der Waals surface area (Å²) >= 11 is 0. The monoisotopic (exact) mass is 133 g/mol. The maximum Gasteiger partial charge on any atom is 0.274 e. The van der Waals surface area contributed by atoms with E-state index in [0.717, 1.165) is 0 Å². The van der Waals surface area contributed by atoms with Gasteiger partial charge in [0.05, 0.1) is 7.11 Å². The Morgan fingerprint density at radius 2 is 2.11 bits per heavy atom. The van der Waals surface area contributed by atoms with Gasteiger partial charge in [0.2, 0.25) is 0 Å². The van der Waals surface area contributed by atoms with E-state index < -0.39 is 11.5 Å². The fourth-order valence-corrected chi connectivity index (χ4v) is 0.218. The van der Waals surface area contributed by atoms with Gasteiger partial charge in [0.15, 0.2) is 0 Å². The summed E-state index contributed by atoms with van der Waals surface area (Å²) in [6.45, 7) is 2.75. The maximum absolute atomic E-state index is 10.6. The number of hydrogen-bond acceptors (Lipinski definition) is 3. The van der Waals surface area contributed by atoms with Crippen LogP contribution in [0.2, 0.25) is 0 Å². The fraction of sp³-hybridized carbons (Fsp3) is 0.800. The highest BCUT2D eigenvalue weighted by atomic mass is 16.6. The zero-order valence-electron chi connectivity index (χ0n) is 5.76. The number of rotatable bonds is 2. The maximum atomic E-state index is 10.6. The van der Waals surface area contributed by atoms with Gasteiger partial charge in [-0.3, -0.25) is 9.63 Å². The van der Waals surface area contributed by atoms with Crippen LogP contribution in [0.5, 0.6) is 0 Å². The van der Waals surface area contributed by atoms with Crippen LogP contribution in [-0.2, 0) is 9.63 Å². The Balaban J connectivity index is 3.74. The van der Waals surface area contributed by atoms with Crippen molar-refractivity contribution < 1.29 is 14.7 Å². The van der Waals surface area contributed by atoms with Crippen LogP contribution in [0.1, 0.15) is 13.8 Å². The Morgan fingerprint density at radius 1 is 1.67 bits per heavy atom. The second kappa shape index (κ2) is 2.80. The molecule has 4 heteroatoms. The van der Waals surface area contributed by atoms with Crippen LogP contribution in [0.15, 0.2) is 0 Å². The summed E-state index contributed by atoms with van der Waals surface area (Å²) in [4.78, 5) is 14.8. The van der Waals surface area contributed by atoms with E-state index >= 15 is 0 Å². The molecule has 0 aliphatic rings. The molecule has 0 aromatic rings. The van der Waals surface area contributed by atoms with Crippen molar-refractivity contribution in [3.8, 4) is 0 Å². The zero-order valence-corrected chi connectivity index (χ0v) is 5.76. The van der Waals surface area contributed by atoms with E-state index in [4.69, 9.17) is 5.11 Å². The molecular weight excluding hydrogens is 122 g/mol. The van der Waals surface area contributed by atoms with E-state index in [-0.39, 0.29) is 0 Å². The van der Waals surface area contributed by atoms with E-state index in [0.29, 0.717) is 0 Å². The summed E-state index contributed by atoms with van der Waals surface area (Å²) in [6.07, 6.45) is 0. The van der Waals surface area contributed by atoms with Gasteiger partial charge in [-0.25, -0.2) is 5.48 Å². The van der Waals surface area contributed by atoms with Gasteiger partial charge in [0, 0.05) is 0 Å². The van der Waals surface area contributed by atoms with Crippen LogP contribution < -0.4 is 5.48 Å². The van der Waals surface area contributed by atoms with E-state index in [9.17, 15) is 4.79 Å². The van der Waals surface area contributed by atoms with Gasteiger partial charge in [-0.1, -0.05) is 0 Å².